The normalized spacial score (nSPS) is 24.3. The topological polar surface area (TPSA) is 60.0 Å². The molecule has 144 valence electrons. The molecule has 2 aliphatic rings. The monoisotopic (exact) mass is 362 g/mol. The van der Waals surface area contributed by atoms with Gasteiger partial charge in [-0.05, 0) is 51.1 Å². The second-order valence-electron chi connectivity index (χ2n) is 7.47. The SMILES string of the molecule is COc1ccc(C2(C(=O)N[C@@H]3CCOC[C@H]3OCCN(C)C)CC2)cc1. The fraction of sp³-hybridized carbons (Fsp3) is 0.650. The van der Waals surface area contributed by atoms with Crippen LogP contribution in [0.4, 0.5) is 0 Å². The molecule has 1 aromatic carbocycles. The molecule has 1 saturated heterocycles. The van der Waals surface area contributed by atoms with Crippen LogP contribution in [-0.2, 0) is 19.7 Å². The van der Waals surface area contributed by atoms with Gasteiger partial charge in [0.15, 0.2) is 0 Å². The van der Waals surface area contributed by atoms with Crippen molar-refractivity contribution in [3.63, 3.8) is 0 Å². The van der Waals surface area contributed by atoms with E-state index in [1.807, 2.05) is 38.4 Å². The van der Waals surface area contributed by atoms with Crippen LogP contribution in [0.1, 0.15) is 24.8 Å². The van der Waals surface area contributed by atoms with Crippen LogP contribution in [0.5, 0.6) is 5.75 Å². The molecule has 0 bridgehead atoms. The average Bonchev–Trinajstić information content (AvgIpc) is 3.45. The number of nitrogens with one attached hydrogen (secondary N) is 1. The lowest BCUT2D eigenvalue weighted by molar-refractivity contribution is -0.128. The number of hydrogen-bond donors (Lipinski definition) is 1. The molecule has 6 nitrogen and oxygen atoms in total. The van der Waals surface area contributed by atoms with Crippen LogP contribution >= 0.6 is 0 Å². The van der Waals surface area contributed by atoms with Gasteiger partial charge in [0, 0.05) is 13.2 Å². The van der Waals surface area contributed by atoms with Gasteiger partial charge in [-0.1, -0.05) is 12.1 Å². The van der Waals surface area contributed by atoms with Crippen molar-refractivity contribution in [3.05, 3.63) is 29.8 Å². The summed E-state index contributed by atoms with van der Waals surface area (Å²) in [7, 11) is 5.69. The number of ether oxygens (including phenoxy) is 3. The predicted molar refractivity (Wildman–Crippen MR) is 99.6 cm³/mol. The Kier molecular flexibility index (Phi) is 6.16. The van der Waals surface area contributed by atoms with E-state index in [1.54, 1.807) is 7.11 Å². The van der Waals surface area contributed by atoms with Gasteiger partial charge in [-0.15, -0.1) is 0 Å². The third-order valence-electron chi connectivity index (χ3n) is 5.32. The summed E-state index contributed by atoms with van der Waals surface area (Å²) in [5.41, 5.74) is 0.673. The molecule has 2 atom stereocenters. The maximum absolute atomic E-state index is 13.0. The Bertz CT molecular complexity index is 598. The largest absolute Gasteiger partial charge is 0.497 e. The van der Waals surface area contributed by atoms with Crippen LogP contribution in [0, 0.1) is 0 Å². The Labute approximate surface area is 155 Å². The first kappa shape index (κ1) is 19.1. The van der Waals surface area contributed by atoms with Crippen LogP contribution in [0.2, 0.25) is 0 Å². The Hall–Kier alpha value is -1.63. The van der Waals surface area contributed by atoms with Crippen molar-refractivity contribution in [3.8, 4) is 5.75 Å². The zero-order chi connectivity index (χ0) is 18.6. The summed E-state index contributed by atoms with van der Waals surface area (Å²) in [6, 6.07) is 7.85. The van der Waals surface area contributed by atoms with Crippen molar-refractivity contribution in [2.75, 3.05) is 47.6 Å². The van der Waals surface area contributed by atoms with E-state index >= 15 is 0 Å². The number of amides is 1. The van der Waals surface area contributed by atoms with E-state index in [9.17, 15) is 4.79 Å². The second kappa shape index (κ2) is 8.37. The average molecular weight is 362 g/mol. The van der Waals surface area contributed by atoms with Gasteiger partial charge in [-0.2, -0.15) is 0 Å². The van der Waals surface area contributed by atoms with Crippen molar-refractivity contribution in [1.29, 1.82) is 0 Å². The van der Waals surface area contributed by atoms with Crippen molar-refractivity contribution < 1.29 is 19.0 Å². The van der Waals surface area contributed by atoms with Crippen LogP contribution < -0.4 is 10.1 Å². The van der Waals surface area contributed by atoms with E-state index in [-0.39, 0.29) is 18.1 Å². The third kappa shape index (κ3) is 4.37. The fourth-order valence-corrected chi connectivity index (χ4v) is 3.42. The van der Waals surface area contributed by atoms with E-state index in [4.69, 9.17) is 14.2 Å². The Morgan fingerprint density at radius 3 is 2.65 bits per heavy atom. The van der Waals surface area contributed by atoms with Gasteiger partial charge >= 0.3 is 0 Å². The van der Waals surface area contributed by atoms with E-state index in [2.05, 4.69) is 10.2 Å². The number of methoxy groups -OCH3 is 1. The molecule has 3 rings (SSSR count). The highest BCUT2D eigenvalue weighted by atomic mass is 16.5. The van der Waals surface area contributed by atoms with Gasteiger partial charge in [-0.3, -0.25) is 4.79 Å². The van der Waals surface area contributed by atoms with Gasteiger partial charge in [0.2, 0.25) is 5.91 Å². The van der Waals surface area contributed by atoms with E-state index in [0.717, 1.165) is 37.1 Å². The molecule has 1 aromatic rings. The van der Waals surface area contributed by atoms with E-state index in [0.29, 0.717) is 19.8 Å². The van der Waals surface area contributed by atoms with E-state index in [1.165, 1.54) is 0 Å². The number of nitrogens with zero attached hydrogens (tertiary/aromatic N) is 1. The number of carbonyl (C=O) groups is 1. The van der Waals surface area contributed by atoms with Gasteiger partial charge in [0.1, 0.15) is 11.9 Å². The summed E-state index contributed by atoms with van der Waals surface area (Å²) in [6.07, 6.45) is 2.48. The molecule has 0 aromatic heterocycles. The van der Waals surface area contributed by atoms with Crippen LogP contribution in [0.25, 0.3) is 0 Å². The van der Waals surface area contributed by atoms with Crippen molar-refractivity contribution in [2.24, 2.45) is 0 Å². The number of benzene rings is 1. The summed E-state index contributed by atoms with van der Waals surface area (Å²) >= 11 is 0. The molecule has 0 spiro atoms. The molecule has 0 radical (unpaired) electrons. The summed E-state index contributed by atoms with van der Waals surface area (Å²) in [6.45, 7) is 2.69. The molecule has 2 fully saturated rings. The van der Waals surface area contributed by atoms with Crippen LogP contribution in [0.15, 0.2) is 24.3 Å². The van der Waals surface area contributed by atoms with Gasteiger partial charge in [0.05, 0.1) is 31.8 Å². The number of carbonyl (C=O) groups excluding carboxylic acids is 1. The standard InChI is InChI=1S/C20H30N2O4/c1-22(2)11-13-26-18-14-25-12-8-17(18)21-19(23)20(9-10-20)15-4-6-16(24-3)7-5-15/h4-7,17-18H,8-14H2,1-3H3,(H,21,23)/t17-,18-/m1/s1. The fourth-order valence-electron chi connectivity index (χ4n) is 3.42. The quantitative estimate of drug-likeness (QED) is 0.761. The van der Waals surface area contributed by atoms with Crippen molar-refractivity contribution in [1.82, 2.24) is 10.2 Å². The maximum atomic E-state index is 13.0. The van der Waals surface area contributed by atoms with Gasteiger partial charge < -0.3 is 24.4 Å². The first-order chi connectivity index (χ1) is 12.5. The lowest BCUT2D eigenvalue weighted by Gasteiger charge is -2.33. The smallest absolute Gasteiger partial charge is 0.230 e. The molecule has 1 amide bonds. The molecule has 1 aliphatic carbocycles. The predicted octanol–water partition coefficient (Wildman–Crippen LogP) is 1.58. The Morgan fingerprint density at radius 1 is 1.31 bits per heavy atom. The minimum absolute atomic E-state index is 0.00846. The minimum Gasteiger partial charge on any atom is -0.497 e. The summed E-state index contributed by atoms with van der Waals surface area (Å²) < 4.78 is 16.8. The Balaban J connectivity index is 1.61. The number of hydrogen-bond acceptors (Lipinski definition) is 5. The van der Waals surface area contributed by atoms with Crippen molar-refractivity contribution in [2.45, 2.75) is 36.8 Å². The molecule has 1 aliphatic heterocycles. The Morgan fingerprint density at radius 2 is 2.04 bits per heavy atom. The molecule has 26 heavy (non-hydrogen) atoms. The highest BCUT2D eigenvalue weighted by Crippen LogP contribution is 2.48. The molecule has 0 unspecified atom stereocenters. The number of likely N-dealkylation sites (N-methyl/N-ethyl adjacent to an activating group) is 1. The first-order valence-electron chi connectivity index (χ1n) is 9.35. The summed E-state index contributed by atoms with van der Waals surface area (Å²) in [5.74, 6) is 0.916. The zero-order valence-electron chi connectivity index (χ0n) is 16.0. The summed E-state index contributed by atoms with van der Waals surface area (Å²) in [5, 5.41) is 3.25. The summed E-state index contributed by atoms with van der Waals surface area (Å²) in [4.78, 5) is 15.1. The number of rotatable bonds is 8. The molecule has 1 N–H and O–H groups in total. The van der Waals surface area contributed by atoms with Crippen LogP contribution in [-0.4, -0.2) is 70.5 Å². The minimum atomic E-state index is -0.390. The maximum Gasteiger partial charge on any atom is 0.230 e. The zero-order valence-corrected chi connectivity index (χ0v) is 16.0. The second-order valence-corrected chi connectivity index (χ2v) is 7.47. The third-order valence-corrected chi connectivity index (χ3v) is 5.32. The lowest BCUT2D eigenvalue weighted by Crippen LogP contribution is -2.52. The van der Waals surface area contributed by atoms with Crippen LogP contribution in [0.3, 0.4) is 0 Å². The first-order valence-corrected chi connectivity index (χ1v) is 9.35. The van der Waals surface area contributed by atoms with Gasteiger partial charge in [0.25, 0.3) is 0 Å². The molecule has 6 heteroatoms. The van der Waals surface area contributed by atoms with Gasteiger partial charge in [-0.25, -0.2) is 0 Å². The molecular weight excluding hydrogens is 332 g/mol. The highest BCUT2D eigenvalue weighted by Gasteiger charge is 2.52. The molecular formula is C20H30N2O4. The highest BCUT2D eigenvalue weighted by molar-refractivity contribution is 5.91. The van der Waals surface area contributed by atoms with Crippen molar-refractivity contribution >= 4 is 5.91 Å². The van der Waals surface area contributed by atoms with E-state index < -0.39 is 5.41 Å². The molecule has 1 saturated carbocycles. The lowest BCUT2D eigenvalue weighted by atomic mass is 9.93. The molecule has 1 heterocycles.